The molecule has 278 valence electrons. The number of carbonyl (C=O) groups is 6. The number of nitrogens with one attached hydrogen (secondary N) is 6. The zero-order chi connectivity index (χ0) is 38.5. The Labute approximate surface area is 315 Å². The number of likely N-dealkylation sites (N-methyl/N-ethyl adjacent to an activating group) is 2. The van der Waals surface area contributed by atoms with Crippen molar-refractivity contribution < 1.29 is 33.6 Å². The number of hydrogen-bond donors (Lipinski definition) is 6. The number of nitrogens with zero attached hydrogens (tertiary/aromatic N) is 1. The summed E-state index contributed by atoms with van der Waals surface area (Å²) < 4.78 is 0. The van der Waals surface area contributed by atoms with E-state index < -0.39 is 60.1 Å². The minimum Gasteiger partial charge on any atom is -0.381 e. The van der Waals surface area contributed by atoms with Gasteiger partial charge in [0.2, 0.25) is 29.5 Å². The van der Waals surface area contributed by atoms with Crippen molar-refractivity contribution in [2.75, 3.05) is 32.7 Å². The smallest absolute Gasteiger partial charge is 0.251 e. The van der Waals surface area contributed by atoms with Crippen LogP contribution in [0.1, 0.15) is 34.5 Å². The number of hydrogen-bond acceptors (Lipinski definition) is 8. The standard InChI is InChI=1S/C39H38ClN7O7/c1-21-36(50)45-31(38(52)42-19-33(48)41-2)17-22-4-15-32-29(16-22)28-18-26(11-14-30(28)46-54-32)35(39(53)44-21)47(3)34(49)20-43-37(51)25-7-5-23(6-8-25)24-9-12-27(40)13-10-24/h4-16,18,21,31,35,46H,17,19-20H2,1-3H3,(H,41,48)(H,42,52)(H,43,51)(H,44,53)(H,45,50)/t21-,31?,35?/m0/s1. The summed E-state index contributed by atoms with van der Waals surface area (Å²) in [4.78, 5) is 86.3. The fourth-order valence-electron chi connectivity index (χ4n) is 6.17. The lowest BCUT2D eigenvalue weighted by Gasteiger charge is -2.31. The highest BCUT2D eigenvalue weighted by molar-refractivity contribution is 6.30. The van der Waals surface area contributed by atoms with Gasteiger partial charge in [-0.15, -0.1) is 0 Å². The summed E-state index contributed by atoms with van der Waals surface area (Å²) in [7, 11) is 2.88. The van der Waals surface area contributed by atoms with Gasteiger partial charge in [0, 0.05) is 42.2 Å². The summed E-state index contributed by atoms with van der Waals surface area (Å²) in [6.07, 6.45) is 0.0692. The van der Waals surface area contributed by atoms with Gasteiger partial charge in [-0.1, -0.05) is 48.0 Å². The highest BCUT2D eigenvalue weighted by atomic mass is 35.5. The lowest BCUT2D eigenvalue weighted by molar-refractivity contribution is -0.139. The molecule has 14 nitrogen and oxygen atoms in total. The van der Waals surface area contributed by atoms with Gasteiger partial charge >= 0.3 is 0 Å². The van der Waals surface area contributed by atoms with E-state index in [-0.39, 0.29) is 13.0 Å². The highest BCUT2D eigenvalue weighted by Crippen LogP contribution is 2.41. The van der Waals surface area contributed by atoms with E-state index in [1.807, 2.05) is 18.2 Å². The molecule has 0 aromatic heterocycles. The summed E-state index contributed by atoms with van der Waals surface area (Å²) in [5, 5.41) is 13.6. The van der Waals surface area contributed by atoms with E-state index in [0.29, 0.717) is 44.3 Å². The van der Waals surface area contributed by atoms with Crippen molar-refractivity contribution >= 4 is 52.7 Å². The fourth-order valence-corrected chi connectivity index (χ4v) is 6.30. The Morgan fingerprint density at radius 3 is 2.24 bits per heavy atom. The summed E-state index contributed by atoms with van der Waals surface area (Å²) in [6, 6.07) is 21.1. The number of carbonyl (C=O) groups excluding carboxylic acids is 6. The molecule has 2 heterocycles. The highest BCUT2D eigenvalue weighted by Gasteiger charge is 2.34. The third-order valence-corrected chi connectivity index (χ3v) is 9.50. The Balaban J connectivity index is 1.25. The first kappa shape index (κ1) is 37.4. The third-order valence-electron chi connectivity index (χ3n) is 9.25. The molecule has 6 rings (SSSR count). The first-order valence-electron chi connectivity index (χ1n) is 17.1. The first-order chi connectivity index (χ1) is 25.9. The molecular weight excluding hydrogens is 714 g/mol. The number of amides is 6. The average Bonchev–Trinajstić information content (AvgIpc) is 3.18. The van der Waals surface area contributed by atoms with Gasteiger partial charge in [0.05, 0.1) is 18.8 Å². The van der Waals surface area contributed by atoms with E-state index >= 15 is 0 Å². The van der Waals surface area contributed by atoms with E-state index in [9.17, 15) is 28.8 Å². The monoisotopic (exact) mass is 751 g/mol. The minimum absolute atomic E-state index is 0.0692. The van der Waals surface area contributed by atoms with Gasteiger partial charge in [0.1, 0.15) is 18.1 Å². The number of halogens is 1. The van der Waals surface area contributed by atoms with Gasteiger partial charge < -0.3 is 36.3 Å². The van der Waals surface area contributed by atoms with E-state index in [2.05, 4.69) is 32.1 Å². The molecule has 4 bridgehead atoms. The van der Waals surface area contributed by atoms with Crippen LogP contribution in [0.15, 0.2) is 84.9 Å². The van der Waals surface area contributed by atoms with Gasteiger partial charge in [-0.05, 0) is 77.7 Å². The van der Waals surface area contributed by atoms with E-state index in [0.717, 1.165) is 11.1 Å². The molecule has 0 radical (unpaired) electrons. The molecule has 2 unspecified atom stereocenters. The average molecular weight is 752 g/mol. The Bertz CT molecular complexity index is 2120. The van der Waals surface area contributed by atoms with Crippen LogP contribution in [-0.2, 0) is 30.4 Å². The van der Waals surface area contributed by atoms with Crippen LogP contribution in [0, 0.1) is 0 Å². The molecule has 6 amide bonds. The Hall–Kier alpha value is -6.41. The van der Waals surface area contributed by atoms with Crippen molar-refractivity contribution in [1.29, 1.82) is 0 Å². The molecule has 3 atom stereocenters. The fraction of sp³-hybridized carbons (Fsp3) is 0.231. The molecule has 2 aliphatic heterocycles. The van der Waals surface area contributed by atoms with Crippen molar-refractivity contribution in [1.82, 2.24) is 31.5 Å². The van der Waals surface area contributed by atoms with Crippen LogP contribution in [0.4, 0.5) is 5.69 Å². The Morgan fingerprint density at radius 2 is 1.54 bits per heavy atom. The second-order valence-corrected chi connectivity index (χ2v) is 13.3. The number of fused-ring (bicyclic) bond motifs is 2. The third kappa shape index (κ3) is 8.29. The SMILES string of the molecule is CNC(=O)CNC(=O)C1Cc2ccc3c(c2)-c2cc(ccc2NO3)C(N(C)C(=O)CNC(=O)c2ccc(-c3ccc(Cl)cc3)cc2)C(=O)N[C@@H](C)C(=O)N1. The lowest BCUT2D eigenvalue weighted by atomic mass is 9.93. The van der Waals surface area contributed by atoms with Crippen LogP contribution >= 0.6 is 11.6 Å². The minimum atomic E-state index is -1.24. The maximum absolute atomic E-state index is 14.0. The molecule has 0 saturated carbocycles. The van der Waals surface area contributed by atoms with Crippen molar-refractivity contribution in [2.45, 2.75) is 31.5 Å². The molecular formula is C39H38ClN7O7. The molecule has 15 heteroatoms. The molecule has 6 N–H and O–H groups in total. The zero-order valence-corrected chi connectivity index (χ0v) is 30.4. The largest absolute Gasteiger partial charge is 0.381 e. The van der Waals surface area contributed by atoms with Gasteiger partial charge in [-0.25, -0.2) is 5.48 Å². The molecule has 54 heavy (non-hydrogen) atoms. The van der Waals surface area contributed by atoms with Crippen molar-refractivity contribution in [3.63, 3.8) is 0 Å². The number of rotatable bonds is 8. The molecule has 2 aliphatic rings. The summed E-state index contributed by atoms with van der Waals surface area (Å²) in [5.41, 5.74) is 8.06. The maximum atomic E-state index is 14.0. The summed E-state index contributed by atoms with van der Waals surface area (Å²) in [5.74, 6) is -2.94. The molecule has 0 saturated heterocycles. The Kier molecular flexibility index (Phi) is 11.1. The van der Waals surface area contributed by atoms with Crippen LogP contribution in [0.2, 0.25) is 5.02 Å². The first-order valence-corrected chi connectivity index (χ1v) is 17.5. The maximum Gasteiger partial charge on any atom is 0.251 e. The van der Waals surface area contributed by atoms with Crippen molar-refractivity contribution in [3.8, 4) is 28.0 Å². The summed E-state index contributed by atoms with van der Waals surface area (Å²) in [6.45, 7) is 0.733. The second kappa shape index (κ2) is 16.1. The van der Waals surface area contributed by atoms with Crippen LogP contribution < -0.4 is 36.9 Å². The lowest BCUT2D eigenvalue weighted by Crippen LogP contribution is -2.55. The molecule has 0 aliphatic carbocycles. The van der Waals surface area contributed by atoms with Crippen molar-refractivity contribution in [2.24, 2.45) is 0 Å². The normalized spacial score (nSPS) is 17.4. The molecule has 4 aromatic rings. The molecule has 0 fully saturated rings. The number of benzene rings is 4. The Morgan fingerprint density at radius 1 is 0.833 bits per heavy atom. The van der Waals surface area contributed by atoms with Gasteiger partial charge in [0.25, 0.3) is 5.91 Å². The van der Waals surface area contributed by atoms with Crippen LogP contribution in [0.3, 0.4) is 0 Å². The predicted molar refractivity (Wildman–Crippen MR) is 201 cm³/mol. The van der Waals surface area contributed by atoms with E-state index in [4.69, 9.17) is 16.4 Å². The van der Waals surface area contributed by atoms with E-state index in [1.54, 1.807) is 66.7 Å². The molecule has 0 spiro atoms. The van der Waals surface area contributed by atoms with Gasteiger partial charge in [-0.2, -0.15) is 0 Å². The topological polar surface area (TPSA) is 187 Å². The number of anilines is 1. The van der Waals surface area contributed by atoms with Crippen molar-refractivity contribution in [3.05, 3.63) is 107 Å². The second-order valence-electron chi connectivity index (χ2n) is 12.9. The van der Waals surface area contributed by atoms with Crippen LogP contribution in [-0.4, -0.2) is 79.6 Å². The predicted octanol–water partition coefficient (Wildman–Crippen LogP) is 2.73. The van der Waals surface area contributed by atoms with Crippen LogP contribution in [0.25, 0.3) is 22.3 Å². The summed E-state index contributed by atoms with van der Waals surface area (Å²) >= 11 is 6.00. The zero-order valence-electron chi connectivity index (χ0n) is 29.6. The molecule has 4 aromatic carbocycles. The van der Waals surface area contributed by atoms with Gasteiger partial charge in [-0.3, -0.25) is 28.8 Å². The van der Waals surface area contributed by atoms with E-state index in [1.165, 1.54) is 25.9 Å². The van der Waals surface area contributed by atoms with Gasteiger partial charge in [0.15, 0.2) is 5.75 Å². The van der Waals surface area contributed by atoms with Crippen LogP contribution in [0.5, 0.6) is 5.75 Å². The quantitative estimate of drug-likeness (QED) is 0.159.